The molecule has 106 valence electrons. The van der Waals surface area contributed by atoms with Gasteiger partial charge in [0.25, 0.3) is 0 Å². The number of benzene rings is 1. The molecule has 1 N–H and O–H groups in total. The second-order valence-corrected chi connectivity index (χ2v) is 4.66. The summed E-state index contributed by atoms with van der Waals surface area (Å²) in [6.45, 7) is 5.39. The lowest BCUT2D eigenvalue weighted by Crippen LogP contribution is -2.27. The largest absolute Gasteiger partial charge is 0.497 e. The van der Waals surface area contributed by atoms with Crippen LogP contribution >= 0.6 is 11.6 Å². The van der Waals surface area contributed by atoms with Crippen molar-refractivity contribution in [3.8, 4) is 11.5 Å². The molecule has 0 bridgehead atoms. The second kappa shape index (κ2) is 8.04. The van der Waals surface area contributed by atoms with E-state index in [1.54, 1.807) is 14.2 Å². The lowest BCUT2D eigenvalue weighted by molar-refractivity contribution is 0.201. The Bertz CT molecular complexity index is 423. The van der Waals surface area contributed by atoms with Crippen LogP contribution in [0.3, 0.4) is 0 Å². The van der Waals surface area contributed by atoms with Crippen LogP contribution in [0.5, 0.6) is 11.5 Å². The zero-order valence-electron chi connectivity index (χ0n) is 11.4. The molecule has 5 heteroatoms. The number of halogens is 1. The van der Waals surface area contributed by atoms with Gasteiger partial charge in [0.1, 0.15) is 11.5 Å². The Balaban J connectivity index is 2.89. The Morgan fingerprint density at radius 2 is 2.11 bits per heavy atom. The Morgan fingerprint density at radius 3 is 2.63 bits per heavy atom. The predicted octanol–water partition coefficient (Wildman–Crippen LogP) is 2.25. The Kier molecular flexibility index (Phi) is 6.70. The van der Waals surface area contributed by atoms with E-state index in [-0.39, 0.29) is 6.61 Å². The number of hydrogen-bond donors (Lipinski definition) is 1. The smallest absolute Gasteiger partial charge is 0.123 e. The SMILES string of the molecule is C=C(Cl)CN(CCO)Cc1cc(OC)ccc1OC. The van der Waals surface area contributed by atoms with Crippen molar-refractivity contribution in [3.63, 3.8) is 0 Å². The molecule has 1 aromatic rings. The number of aliphatic hydroxyl groups is 1. The van der Waals surface area contributed by atoms with Crippen molar-refractivity contribution in [1.82, 2.24) is 4.90 Å². The van der Waals surface area contributed by atoms with Crippen molar-refractivity contribution in [2.75, 3.05) is 33.9 Å². The van der Waals surface area contributed by atoms with E-state index >= 15 is 0 Å². The van der Waals surface area contributed by atoms with Gasteiger partial charge in [0.15, 0.2) is 0 Å². The summed E-state index contributed by atoms with van der Waals surface area (Å²) >= 11 is 5.83. The second-order valence-electron chi connectivity index (χ2n) is 4.13. The highest BCUT2D eigenvalue weighted by Gasteiger charge is 2.11. The summed E-state index contributed by atoms with van der Waals surface area (Å²) in [4.78, 5) is 1.99. The standard InChI is InChI=1S/C14H20ClNO3/c1-11(15)9-16(6-7-17)10-12-8-13(18-2)4-5-14(12)19-3/h4-5,8,17H,1,6-7,9-10H2,2-3H3. The fourth-order valence-electron chi connectivity index (χ4n) is 1.84. The van der Waals surface area contributed by atoms with Gasteiger partial charge in [-0.2, -0.15) is 0 Å². The third-order valence-corrected chi connectivity index (χ3v) is 2.81. The minimum Gasteiger partial charge on any atom is -0.497 e. The van der Waals surface area contributed by atoms with Gasteiger partial charge in [0, 0.05) is 30.2 Å². The maximum absolute atomic E-state index is 9.08. The molecule has 19 heavy (non-hydrogen) atoms. The van der Waals surface area contributed by atoms with Crippen LogP contribution in [-0.4, -0.2) is 43.9 Å². The molecule has 0 aliphatic rings. The first kappa shape index (κ1) is 15.8. The lowest BCUT2D eigenvalue weighted by Gasteiger charge is -2.22. The highest BCUT2D eigenvalue weighted by atomic mass is 35.5. The number of ether oxygens (including phenoxy) is 2. The van der Waals surface area contributed by atoms with E-state index in [0.29, 0.717) is 24.7 Å². The Morgan fingerprint density at radius 1 is 1.37 bits per heavy atom. The van der Waals surface area contributed by atoms with Gasteiger partial charge < -0.3 is 14.6 Å². The van der Waals surface area contributed by atoms with Gasteiger partial charge in [-0.15, -0.1) is 0 Å². The molecule has 1 aromatic carbocycles. The number of methoxy groups -OCH3 is 2. The molecule has 0 amide bonds. The quantitative estimate of drug-likeness (QED) is 0.795. The molecule has 0 saturated heterocycles. The molecule has 0 spiro atoms. The molecule has 0 aliphatic heterocycles. The normalized spacial score (nSPS) is 10.6. The van der Waals surface area contributed by atoms with E-state index in [1.165, 1.54) is 0 Å². The van der Waals surface area contributed by atoms with E-state index in [4.69, 9.17) is 26.2 Å². The van der Waals surface area contributed by atoms with E-state index in [9.17, 15) is 0 Å². The zero-order valence-corrected chi connectivity index (χ0v) is 12.1. The fraction of sp³-hybridized carbons (Fsp3) is 0.429. The van der Waals surface area contributed by atoms with E-state index in [0.717, 1.165) is 17.1 Å². The van der Waals surface area contributed by atoms with Crippen molar-refractivity contribution < 1.29 is 14.6 Å². The van der Waals surface area contributed by atoms with Gasteiger partial charge in [0.05, 0.1) is 20.8 Å². The highest BCUT2D eigenvalue weighted by Crippen LogP contribution is 2.25. The maximum Gasteiger partial charge on any atom is 0.123 e. The van der Waals surface area contributed by atoms with Crippen LogP contribution in [0.25, 0.3) is 0 Å². The molecule has 0 heterocycles. The van der Waals surface area contributed by atoms with Crippen molar-refractivity contribution in [2.45, 2.75) is 6.54 Å². The number of hydrogen-bond acceptors (Lipinski definition) is 4. The predicted molar refractivity (Wildman–Crippen MR) is 76.9 cm³/mol. The third kappa shape index (κ3) is 5.11. The summed E-state index contributed by atoms with van der Waals surface area (Å²) in [5.74, 6) is 1.55. The minimum absolute atomic E-state index is 0.0659. The monoisotopic (exact) mass is 285 g/mol. The van der Waals surface area contributed by atoms with E-state index in [1.807, 2.05) is 23.1 Å². The summed E-state index contributed by atoms with van der Waals surface area (Å²) in [5.41, 5.74) is 0.980. The molecule has 4 nitrogen and oxygen atoms in total. The molecule has 0 saturated carbocycles. The van der Waals surface area contributed by atoms with Crippen molar-refractivity contribution in [1.29, 1.82) is 0 Å². The molecule has 0 fully saturated rings. The van der Waals surface area contributed by atoms with Crippen molar-refractivity contribution in [3.05, 3.63) is 35.4 Å². The van der Waals surface area contributed by atoms with Crippen LogP contribution in [0.1, 0.15) is 5.56 Å². The van der Waals surface area contributed by atoms with Crippen LogP contribution in [0, 0.1) is 0 Å². The molecular weight excluding hydrogens is 266 g/mol. The van der Waals surface area contributed by atoms with E-state index < -0.39 is 0 Å². The Labute approximate surface area is 119 Å². The number of nitrogens with zero attached hydrogens (tertiary/aromatic N) is 1. The van der Waals surface area contributed by atoms with Crippen LogP contribution in [0.2, 0.25) is 0 Å². The minimum atomic E-state index is 0.0659. The molecule has 1 rings (SSSR count). The number of aliphatic hydroxyl groups excluding tert-OH is 1. The first-order chi connectivity index (χ1) is 9.10. The summed E-state index contributed by atoms with van der Waals surface area (Å²) in [6.07, 6.45) is 0. The molecule has 0 aromatic heterocycles. The maximum atomic E-state index is 9.08. The van der Waals surface area contributed by atoms with Crippen LogP contribution < -0.4 is 9.47 Å². The van der Waals surface area contributed by atoms with Crippen LogP contribution in [0.15, 0.2) is 29.8 Å². The first-order valence-electron chi connectivity index (χ1n) is 5.98. The van der Waals surface area contributed by atoms with Gasteiger partial charge in [-0.05, 0) is 18.2 Å². The third-order valence-electron chi connectivity index (χ3n) is 2.69. The van der Waals surface area contributed by atoms with Crippen LogP contribution in [0.4, 0.5) is 0 Å². The van der Waals surface area contributed by atoms with Gasteiger partial charge in [-0.1, -0.05) is 18.2 Å². The highest BCUT2D eigenvalue weighted by molar-refractivity contribution is 6.29. The molecular formula is C14H20ClNO3. The van der Waals surface area contributed by atoms with Gasteiger partial charge in [0.2, 0.25) is 0 Å². The summed E-state index contributed by atoms with van der Waals surface area (Å²) in [7, 11) is 3.25. The Hall–Kier alpha value is -1.23. The average Bonchev–Trinajstić information content (AvgIpc) is 2.38. The van der Waals surface area contributed by atoms with Gasteiger partial charge in [-0.25, -0.2) is 0 Å². The molecule has 0 atom stereocenters. The topological polar surface area (TPSA) is 41.9 Å². The summed E-state index contributed by atoms with van der Waals surface area (Å²) in [6, 6.07) is 5.63. The summed E-state index contributed by atoms with van der Waals surface area (Å²) in [5, 5.41) is 9.62. The average molecular weight is 286 g/mol. The molecule has 0 aliphatic carbocycles. The molecule has 0 unspecified atom stereocenters. The zero-order chi connectivity index (χ0) is 14.3. The molecule has 0 radical (unpaired) electrons. The fourth-order valence-corrected chi connectivity index (χ4v) is 2.01. The van der Waals surface area contributed by atoms with Gasteiger partial charge >= 0.3 is 0 Å². The van der Waals surface area contributed by atoms with Crippen LogP contribution in [-0.2, 0) is 6.54 Å². The summed E-state index contributed by atoms with van der Waals surface area (Å²) < 4.78 is 10.5. The van der Waals surface area contributed by atoms with E-state index in [2.05, 4.69) is 6.58 Å². The van der Waals surface area contributed by atoms with Gasteiger partial charge in [-0.3, -0.25) is 4.90 Å². The first-order valence-corrected chi connectivity index (χ1v) is 6.36. The van der Waals surface area contributed by atoms with Crippen molar-refractivity contribution in [2.24, 2.45) is 0 Å². The van der Waals surface area contributed by atoms with Crippen molar-refractivity contribution >= 4 is 11.6 Å². The lowest BCUT2D eigenvalue weighted by atomic mass is 10.1. The number of rotatable bonds is 8.